The topological polar surface area (TPSA) is 0 Å². The second-order valence-corrected chi connectivity index (χ2v) is 3.40. The Morgan fingerprint density at radius 1 is 1.56 bits per heavy atom. The SMILES string of the molecule is CC(C)CC1C=CCC1. The van der Waals surface area contributed by atoms with Crippen molar-refractivity contribution in [3.8, 4) is 0 Å². The lowest BCUT2D eigenvalue weighted by atomic mass is 9.97. The smallest absolute Gasteiger partial charge is 0.0228 e. The van der Waals surface area contributed by atoms with Crippen LogP contribution in [0.25, 0.3) is 0 Å². The van der Waals surface area contributed by atoms with Crippen LogP contribution in [0.15, 0.2) is 12.2 Å². The fourth-order valence-corrected chi connectivity index (χ4v) is 1.50. The second kappa shape index (κ2) is 3.05. The van der Waals surface area contributed by atoms with Gasteiger partial charge in [0.05, 0.1) is 0 Å². The molecule has 0 spiro atoms. The lowest BCUT2D eigenvalue weighted by Crippen LogP contribution is -1.97. The quantitative estimate of drug-likeness (QED) is 0.496. The first-order valence-corrected chi connectivity index (χ1v) is 3.95. The van der Waals surface area contributed by atoms with Crippen molar-refractivity contribution in [3.05, 3.63) is 12.2 Å². The normalized spacial score (nSPS) is 25.9. The molecule has 0 fully saturated rings. The van der Waals surface area contributed by atoms with Crippen LogP contribution in [0.2, 0.25) is 0 Å². The van der Waals surface area contributed by atoms with Crippen molar-refractivity contribution in [3.63, 3.8) is 0 Å². The summed E-state index contributed by atoms with van der Waals surface area (Å²) in [7, 11) is 0. The molecule has 1 rings (SSSR count). The minimum Gasteiger partial charge on any atom is -0.0882 e. The maximum Gasteiger partial charge on any atom is -0.0228 e. The van der Waals surface area contributed by atoms with Crippen LogP contribution < -0.4 is 0 Å². The summed E-state index contributed by atoms with van der Waals surface area (Å²) in [5, 5.41) is 0. The minimum atomic E-state index is 0.873. The highest BCUT2D eigenvalue weighted by molar-refractivity contribution is 4.96. The van der Waals surface area contributed by atoms with E-state index in [1.54, 1.807) is 0 Å². The third-order valence-corrected chi connectivity index (χ3v) is 1.89. The molecule has 1 unspecified atom stereocenters. The first-order chi connectivity index (χ1) is 4.29. The van der Waals surface area contributed by atoms with E-state index in [-0.39, 0.29) is 0 Å². The Kier molecular flexibility index (Phi) is 2.32. The molecule has 0 radical (unpaired) electrons. The van der Waals surface area contributed by atoms with Crippen molar-refractivity contribution in [2.45, 2.75) is 33.1 Å². The third kappa shape index (κ3) is 2.21. The molecular weight excluding hydrogens is 108 g/mol. The van der Waals surface area contributed by atoms with E-state index in [2.05, 4.69) is 26.0 Å². The third-order valence-electron chi connectivity index (χ3n) is 1.89. The molecule has 1 aliphatic carbocycles. The van der Waals surface area contributed by atoms with E-state index < -0.39 is 0 Å². The molecule has 0 aromatic carbocycles. The average Bonchev–Trinajstić information content (AvgIpc) is 2.15. The molecular formula is C9H16. The zero-order valence-corrected chi connectivity index (χ0v) is 6.43. The highest BCUT2D eigenvalue weighted by Crippen LogP contribution is 2.23. The zero-order valence-electron chi connectivity index (χ0n) is 6.43. The van der Waals surface area contributed by atoms with Gasteiger partial charge in [-0.1, -0.05) is 26.0 Å². The van der Waals surface area contributed by atoms with Crippen LogP contribution >= 0.6 is 0 Å². The molecule has 0 aliphatic heterocycles. The van der Waals surface area contributed by atoms with Crippen LogP contribution in [0.4, 0.5) is 0 Å². The maximum absolute atomic E-state index is 2.38. The van der Waals surface area contributed by atoms with Gasteiger partial charge in [-0.05, 0) is 31.1 Å². The van der Waals surface area contributed by atoms with E-state index in [0.29, 0.717) is 0 Å². The van der Waals surface area contributed by atoms with Crippen LogP contribution in [0.5, 0.6) is 0 Å². The van der Waals surface area contributed by atoms with E-state index in [1.807, 2.05) is 0 Å². The van der Waals surface area contributed by atoms with Crippen LogP contribution in [0, 0.1) is 11.8 Å². The lowest BCUT2D eigenvalue weighted by molar-refractivity contribution is 0.470. The summed E-state index contributed by atoms with van der Waals surface area (Å²) in [5.74, 6) is 1.78. The van der Waals surface area contributed by atoms with E-state index in [4.69, 9.17) is 0 Å². The Hall–Kier alpha value is -0.260. The van der Waals surface area contributed by atoms with Gasteiger partial charge in [0.1, 0.15) is 0 Å². The average molecular weight is 124 g/mol. The van der Waals surface area contributed by atoms with Crippen LogP contribution in [0.3, 0.4) is 0 Å². The number of allylic oxidation sites excluding steroid dienone is 2. The summed E-state index contributed by atoms with van der Waals surface area (Å²) < 4.78 is 0. The molecule has 52 valence electrons. The monoisotopic (exact) mass is 124 g/mol. The van der Waals surface area contributed by atoms with Crippen LogP contribution in [-0.4, -0.2) is 0 Å². The first-order valence-electron chi connectivity index (χ1n) is 3.95. The molecule has 0 nitrogen and oxygen atoms in total. The molecule has 0 heterocycles. The summed E-state index contributed by atoms with van der Waals surface area (Å²) in [6.45, 7) is 4.60. The fourth-order valence-electron chi connectivity index (χ4n) is 1.50. The predicted molar refractivity (Wildman–Crippen MR) is 41.3 cm³/mol. The lowest BCUT2D eigenvalue weighted by Gasteiger charge is -2.08. The van der Waals surface area contributed by atoms with Crippen LogP contribution in [-0.2, 0) is 0 Å². The van der Waals surface area contributed by atoms with E-state index >= 15 is 0 Å². The van der Waals surface area contributed by atoms with Gasteiger partial charge in [-0.15, -0.1) is 0 Å². The van der Waals surface area contributed by atoms with Gasteiger partial charge in [0.15, 0.2) is 0 Å². The molecule has 1 atom stereocenters. The molecule has 0 N–H and O–H groups in total. The van der Waals surface area contributed by atoms with E-state index in [9.17, 15) is 0 Å². The molecule has 0 aromatic rings. The Labute approximate surface area is 58.0 Å². The molecule has 0 saturated heterocycles. The van der Waals surface area contributed by atoms with E-state index in [1.165, 1.54) is 19.3 Å². The Balaban J connectivity index is 2.20. The van der Waals surface area contributed by atoms with Gasteiger partial charge in [0, 0.05) is 0 Å². The van der Waals surface area contributed by atoms with Gasteiger partial charge in [-0.3, -0.25) is 0 Å². The van der Waals surface area contributed by atoms with Crippen molar-refractivity contribution in [1.29, 1.82) is 0 Å². The first kappa shape index (κ1) is 6.85. The molecule has 0 heteroatoms. The Morgan fingerprint density at radius 3 is 2.78 bits per heavy atom. The molecule has 0 saturated carbocycles. The van der Waals surface area contributed by atoms with Crippen molar-refractivity contribution in [2.24, 2.45) is 11.8 Å². The molecule has 0 amide bonds. The van der Waals surface area contributed by atoms with Crippen molar-refractivity contribution in [1.82, 2.24) is 0 Å². The maximum atomic E-state index is 2.38. The number of rotatable bonds is 2. The second-order valence-electron chi connectivity index (χ2n) is 3.40. The minimum absolute atomic E-state index is 0.873. The fraction of sp³-hybridized carbons (Fsp3) is 0.778. The summed E-state index contributed by atoms with van der Waals surface area (Å²) in [6.07, 6.45) is 8.79. The summed E-state index contributed by atoms with van der Waals surface area (Å²) >= 11 is 0. The molecule has 0 bridgehead atoms. The van der Waals surface area contributed by atoms with Crippen molar-refractivity contribution >= 4 is 0 Å². The molecule has 9 heavy (non-hydrogen) atoms. The highest BCUT2D eigenvalue weighted by atomic mass is 14.1. The van der Waals surface area contributed by atoms with E-state index in [0.717, 1.165) is 11.8 Å². The number of hydrogen-bond acceptors (Lipinski definition) is 0. The molecule has 1 aliphatic rings. The van der Waals surface area contributed by atoms with Gasteiger partial charge in [0.25, 0.3) is 0 Å². The zero-order chi connectivity index (χ0) is 6.69. The van der Waals surface area contributed by atoms with Crippen molar-refractivity contribution in [2.75, 3.05) is 0 Å². The van der Waals surface area contributed by atoms with Crippen LogP contribution in [0.1, 0.15) is 33.1 Å². The van der Waals surface area contributed by atoms with Gasteiger partial charge >= 0.3 is 0 Å². The van der Waals surface area contributed by atoms with Crippen molar-refractivity contribution < 1.29 is 0 Å². The standard InChI is InChI=1S/C9H16/c1-8(2)7-9-5-3-4-6-9/h3,5,8-9H,4,6-7H2,1-2H3. The summed E-state index contributed by atoms with van der Waals surface area (Å²) in [6, 6.07) is 0. The molecule has 0 aromatic heterocycles. The predicted octanol–water partition coefficient (Wildman–Crippen LogP) is 3.00. The summed E-state index contributed by atoms with van der Waals surface area (Å²) in [5.41, 5.74) is 0. The Bertz CT molecular complexity index is 101. The summed E-state index contributed by atoms with van der Waals surface area (Å²) in [4.78, 5) is 0. The van der Waals surface area contributed by atoms with Gasteiger partial charge < -0.3 is 0 Å². The number of hydrogen-bond donors (Lipinski definition) is 0. The largest absolute Gasteiger partial charge is 0.0882 e. The highest BCUT2D eigenvalue weighted by Gasteiger charge is 2.09. The van der Waals surface area contributed by atoms with Gasteiger partial charge in [-0.25, -0.2) is 0 Å². The van der Waals surface area contributed by atoms with Gasteiger partial charge in [-0.2, -0.15) is 0 Å². The van der Waals surface area contributed by atoms with Gasteiger partial charge in [0.2, 0.25) is 0 Å². The Morgan fingerprint density at radius 2 is 2.33 bits per heavy atom.